The third kappa shape index (κ3) is 4.17. The van der Waals surface area contributed by atoms with E-state index in [4.69, 9.17) is 0 Å². The molecule has 1 aromatic carbocycles. The zero-order valence-corrected chi connectivity index (χ0v) is 20.7. The van der Waals surface area contributed by atoms with Gasteiger partial charge in [-0.15, -0.1) is 0 Å². The molecule has 8 heteroatoms. The summed E-state index contributed by atoms with van der Waals surface area (Å²) in [6, 6.07) is 0. The van der Waals surface area contributed by atoms with Gasteiger partial charge >= 0.3 is 0 Å². The molecular formula is C26H34O8. The lowest BCUT2D eigenvalue weighted by Crippen LogP contribution is -2.38. The Bertz CT molecular complexity index is 1120. The third-order valence-electron chi connectivity index (χ3n) is 6.92. The molecule has 1 aromatic rings. The van der Waals surface area contributed by atoms with Crippen LogP contribution in [0.2, 0.25) is 0 Å². The molecule has 0 spiro atoms. The quantitative estimate of drug-likeness (QED) is 0.268. The molecule has 2 rings (SSSR count). The molecule has 8 nitrogen and oxygen atoms in total. The minimum absolute atomic E-state index is 0.0648. The number of aliphatic hydroxyl groups is 2. The highest BCUT2D eigenvalue weighted by atomic mass is 16.3. The van der Waals surface area contributed by atoms with Gasteiger partial charge in [0.2, 0.25) is 0 Å². The van der Waals surface area contributed by atoms with E-state index in [2.05, 4.69) is 0 Å². The first-order valence-electron chi connectivity index (χ1n) is 11.4. The van der Waals surface area contributed by atoms with Gasteiger partial charge < -0.3 is 25.5 Å². The standard InChI is InChI=1S/C26H34O8/c1-8-11(3)18(27)16-21(30)13(5)20(29)14(22(16)31)10-15-23(32)17(19(28)12(4)9-2)25(34)26(6,7)24(15)33/h11-12,29-33H,8-10H2,1-7H3/t11-,12+/m1/s1. The van der Waals surface area contributed by atoms with E-state index < -0.39 is 75.4 Å². The topological polar surface area (TPSA) is 152 Å². The molecule has 186 valence electrons. The molecule has 0 fully saturated rings. The Labute approximate surface area is 199 Å². The van der Waals surface area contributed by atoms with Crippen molar-refractivity contribution in [2.24, 2.45) is 17.3 Å². The van der Waals surface area contributed by atoms with Crippen molar-refractivity contribution in [3.63, 3.8) is 0 Å². The van der Waals surface area contributed by atoms with Crippen LogP contribution in [0.1, 0.15) is 75.9 Å². The lowest BCUT2D eigenvalue weighted by Gasteiger charge is -2.32. The minimum Gasteiger partial charge on any atom is -0.511 e. The number of aliphatic hydroxyl groups excluding tert-OH is 2. The maximum Gasteiger partial charge on any atom is 0.183 e. The second kappa shape index (κ2) is 9.52. The number of aromatic hydroxyl groups is 3. The highest BCUT2D eigenvalue weighted by molar-refractivity contribution is 6.24. The van der Waals surface area contributed by atoms with Crippen LogP contribution in [0.4, 0.5) is 0 Å². The summed E-state index contributed by atoms with van der Waals surface area (Å²) in [5.74, 6) is -5.97. The SMILES string of the molecule is CC[C@@H](C)C(=O)c1c(O)c(C)c(O)c(CC2=C(O)C(C)(C)C(=O)C(C(=O)[C@@H](C)CC)=C2O)c1O. The van der Waals surface area contributed by atoms with Crippen molar-refractivity contribution in [1.82, 2.24) is 0 Å². The Balaban J connectivity index is 2.81. The fraction of sp³-hybridized carbons (Fsp3) is 0.500. The molecule has 0 aliphatic heterocycles. The Morgan fingerprint density at radius 1 is 0.853 bits per heavy atom. The number of benzene rings is 1. The summed E-state index contributed by atoms with van der Waals surface area (Å²) >= 11 is 0. The van der Waals surface area contributed by atoms with Crippen LogP contribution in [0.25, 0.3) is 0 Å². The third-order valence-corrected chi connectivity index (χ3v) is 6.92. The number of ketones is 3. The summed E-state index contributed by atoms with van der Waals surface area (Å²) in [4.78, 5) is 38.7. The predicted molar refractivity (Wildman–Crippen MR) is 126 cm³/mol. The average molecular weight is 475 g/mol. The van der Waals surface area contributed by atoms with E-state index in [9.17, 15) is 39.9 Å². The fourth-order valence-corrected chi connectivity index (χ4v) is 3.91. The number of hydrogen-bond donors (Lipinski definition) is 5. The summed E-state index contributed by atoms with van der Waals surface area (Å²) in [6.45, 7) is 11.0. The summed E-state index contributed by atoms with van der Waals surface area (Å²) in [7, 11) is 0. The van der Waals surface area contributed by atoms with Gasteiger partial charge in [0.1, 0.15) is 39.9 Å². The van der Waals surface area contributed by atoms with Crippen LogP contribution >= 0.6 is 0 Å². The lowest BCUT2D eigenvalue weighted by molar-refractivity contribution is -0.128. The van der Waals surface area contributed by atoms with E-state index in [1.54, 1.807) is 27.7 Å². The highest BCUT2D eigenvalue weighted by Gasteiger charge is 2.46. The molecule has 34 heavy (non-hydrogen) atoms. The summed E-state index contributed by atoms with van der Waals surface area (Å²) in [6.07, 6.45) is 0.374. The van der Waals surface area contributed by atoms with Gasteiger partial charge in [-0.1, -0.05) is 27.7 Å². The first-order valence-corrected chi connectivity index (χ1v) is 11.4. The van der Waals surface area contributed by atoms with Crippen LogP contribution < -0.4 is 0 Å². The fourth-order valence-electron chi connectivity index (χ4n) is 3.91. The maximum atomic E-state index is 13.0. The normalized spacial score (nSPS) is 17.7. The number of Topliss-reactive ketones (excluding diaryl/α,β-unsaturated/α-hetero) is 3. The van der Waals surface area contributed by atoms with Gasteiger partial charge in [0.15, 0.2) is 17.3 Å². The molecule has 2 atom stereocenters. The zero-order chi connectivity index (χ0) is 26.3. The largest absolute Gasteiger partial charge is 0.511 e. The number of phenols is 3. The Morgan fingerprint density at radius 3 is 1.85 bits per heavy atom. The molecule has 0 unspecified atom stereocenters. The molecule has 0 saturated carbocycles. The minimum atomic E-state index is -1.55. The van der Waals surface area contributed by atoms with E-state index >= 15 is 0 Å². The van der Waals surface area contributed by atoms with E-state index in [1.807, 2.05) is 0 Å². The zero-order valence-electron chi connectivity index (χ0n) is 20.7. The first kappa shape index (κ1) is 27.0. The van der Waals surface area contributed by atoms with Crippen molar-refractivity contribution >= 4 is 17.3 Å². The summed E-state index contributed by atoms with van der Waals surface area (Å²) in [5.41, 5.74) is -2.88. The van der Waals surface area contributed by atoms with Crippen molar-refractivity contribution in [3.05, 3.63) is 39.4 Å². The van der Waals surface area contributed by atoms with E-state index in [0.29, 0.717) is 12.8 Å². The number of carbonyl (C=O) groups excluding carboxylic acids is 3. The van der Waals surface area contributed by atoms with Crippen molar-refractivity contribution in [3.8, 4) is 17.2 Å². The van der Waals surface area contributed by atoms with Crippen LogP contribution in [0.5, 0.6) is 17.2 Å². The van der Waals surface area contributed by atoms with Gasteiger partial charge in [0.05, 0.1) is 5.41 Å². The van der Waals surface area contributed by atoms with Crippen LogP contribution in [0.15, 0.2) is 22.7 Å². The summed E-state index contributed by atoms with van der Waals surface area (Å²) in [5, 5.41) is 53.9. The predicted octanol–water partition coefficient (Wildman–Crippen LogP) is 4.73. The first-order chi connectivity index (χ1) is 15.6. The summed E-state index contributed by atoms with van der Waals surface area (Å²) < 4.78 is 0. The monoisotopic (exact) mass is 474 g/mol. The Hall–Kier alpha value is -3.29. The molecule has 1 aliphatic rings. The lowest BCUT2D eigenvalue weighted by atomic mass is 9.72. The van der Waals surface area contributed by atoms with Crippen molar-refractivity contribution in [2.45, 2.75) is 67.7 Å². The van der Waals surface area contributed by atoms with E-state index in [-0.39, 0.29) is 22.3 Å². The van der Waals surface area contributed by atoms with Crippen molar-refractivity contribution in [1.29, 1.82) is 0 Å². The number of allylic oxidation sites excluding steroid dienone is 3. The van der Waals surface area contributed by atoms with Gasteiger partial charge in [0, 0.05) is 35.0 Å². The molecule has 0 saturated heterocycles. The van der Waals surface area contributed by atoms with E-state index in [1.165, 1.54) is 20.8 Å². The van der Waals surface area contributed by atoms with E-state index in [0.717, 1.165) is 0 Å². The average Bonchev–Trinajstić information content (AvgIpc) is 2.80. The van der Waals surface area contributed by atoms with Gasteiger partial charge in [-0.2, -0.15) is 0 Å². The number of phenolic OH excluding ortho intramolecular Hbond substituents is 3. The smallest absolute Gasteiger partial charge is 0.183 e. The van der Waals surface area contributed by atoms with Gasteiger partial charge in [0.25, 0.3) is 0 Å². The molecule has 1 aliphatic carbocycles. The molecular weight excluding hydrogens is 440 g/mol. The number of hydrogen-bond acceptors (Lipinski definition) is 8. The molecule has 0 aromatic heterocycles. The highest BCUT2D eigenvalue weighted by Crippen LogP contribution is 2.47. The van der Waals surface area contributed by atoms with Crippen molar-refractivity contribution in [2.75, 3.05) is 0 Å². The maximum absolute atomic E-state index is 13.0. The molecule has 0 amide bonds. The van der Waals surface area contributed by atoms with Crippen LogP contribution in [-0.2, 0) is 16.0 Å². The van der Waals surface area contributed by atoms with Crippen LogP contribution in [0.3, 0.4) is 0 Å². The van der Waals surface area contributed by atoms with Gasteiger partial charge in [-0.3, -0.25) is 14.4 Å². The number of carbonyl (C=O) groups is 3. The van der Waals surface area contributed by atoms with Gasteiger partial charge in [-0.05, 0) is 33.6 Å². The van der Waals surface area contributed by atoms with Crippen LogP contribution in [-0.4, -0.2) is 42.9 Å². The van der Waals surface area contributed by atoms with Gasteiger partial charge in [-0.25, -0.2) is 0 Å². The molecule has 0 radical (unpaired) electrons. The molecule has 0 heterocycles. The second-order valence-corrected chi connectivity index (χ2v) is 9.55. The second-order valence-electron chi connectivity index (χ2n) is 9.55. The Kier molecular flexibility index (Phi) is 7.55. The number of rotatable bonds is 8. The molecule has 0 bridgehead atoms. The molecule has 5 N–H and O–H groups in total. The van der Waals surface area contributed by atoms with Crippen LogP contribution in [0, 0.1) is 24.2 Å². The Morgan fingerprint density at radius 2 is 1.35 bits per heavy atom. The van der Waals surface area contributed by atoms with Crippen molar-refractivity contribution < 1.29 is 39.9 Å².